The van der Waals surface area contributed by atoms with Gasteiger partial charge in [0, 0.05) is 12.5 Å². The molecule has 0 radical (unpaired) electrons. The molecule has 5 nitrogen and oxygen atoms in total. The number of aliphatic hydroxyl groups is 3. The molecule has 0 aromatic rings. The number of hydrogen-bond acceptors (Lipinski definition) is 5. The Kier molecular flexibility index (Phi) is 10.6. The van der Waals surface area contributed by atoms with Crippen molar-refractivity contribution in [1.29, 1.82) is 0 Å². The first-order chi connectivity index (χ1) is 9.45. The molecule has 0 amide bonds. The van der Waals surface area contributed by atoms with Crippen molar-refractivity contribution in [2.45, 2.75) is 45.0 Å². The van der Waals surface area contributed by atoms with E-state index in [1.54, 1.807) is 19.1 Å². The van der Waals surface area contributed by atoms with E-state index in [4.69, 9.17) is 20.1 Å². The van der Waals surface area contributed by atoms with Crippen LogP contribution in [0, 0.1) is 0 Å². The Hall–Kier alpha value is -1.43. The predicted octanol–water partition coefficient (Wildman–Crippen LogP) is 1.80. The van der Waals surface area contributed by atoms with E-state index < -0.39 is 5.97 Å². The van der Waals surface area contributed by atoms with Crippen LogP contribution in [0.1, 0.15) is 39.0 Å². The lowest BCUT2D eigenvalue weighted by atomic mass is 10.1. The molecule has 0 aliphatic rings. The summed E-state index contributed by atoms with van der Waals surface area (Å²) in [4.78, 5) is 10.9. The monoisotopic (exact) mass is 284 g/mol. The molecular weight excluding hydrogens is 260 g/mol. The number of allylic oxidation sites excluding steroid dienone is 5. The van der Waals surface area contributed by atoms with Gasteiger partial charge in [0.2, 0.25) is 0 Å². The van der Waals surface area contributed by atoms with Gasteiger partial charge in [-0.05, 0) is 26.2 Å². The molecule has 114 valence electrons. The van der Waals surface area contributed by atoms with Crippen LogP contribution in [-0.2, 0) is 9.53 Å². The molecule has 0 saturated heterocycles. The van der Waals surface area contributed by atoms with Crippen LogP contribution >= 0.6 is 0 Å². The molecule has 5 heteroatoms. The van der Waals surface area contributed by atoms with Gasteiger partial charge in [0.15, 0.2) is 0 Å². The van der Waals surface area contributed by atoms with E-state index in [0.29, 0.717) is 13.0 Å². The summed E-state index contributed by atoms with van der Waals surface area (Å²) in [7, 11) is 0. The van der Waals surface area contributed by atoms with E-state index in [-0.39, 0.29) is 12.4 Å². The van der Waals surface area contributed by atoms with E-state index in [2.05, 4.69) is 0 Å². The molecule has 0 rings (SSSR count). The van der Waals surface area contributed by atoms with Gasteiger partial charge in [-0.2, -0.15) is 0 Å². The Morgan fingerprint density at radius 2 is 1.75 bits per heavy atom. The fourth-order valence-electron chi connectivity index (χ4n) is 1.43. The second-order valence-electron chi connectivity index (χ2n) is 4.30. The minimum atomic E-state index is -2.54. The Bertz CT molecular complexity index is 337. The zero-order chi connectivity index (χ0) is 15.3. The Labute approximate surface area is 119 Å². The van der Waals surface area contributed by atoms with Gasteiger partial charge in [0.1, 0.15) is 0 Å². The van der Waals surface area contributed by atoms with E-state index in [0.717, 1.165) is 19.3 Å². The summed E-state index contributed by atoms with van der Waals surface area (Å²) < 4.78 is 4.72. The second-order valence-corrected chi connectivity index (χ2v) is 4.30. The molecule has 0 aliphatic heterocycles. The lowest BCUT2D eigenvalue weighted by Gasteiger charge is -2.12. The topological polar surface area (TPSA) is 87.0 Å². The number of carbonyl (C=O) groups excluding carboxylic acids is 1. The molecule has 0 aliphatic carbocycles. The fourth-order valence-corrected chi connectivity index (χ4v) is 1.43. The third-order valence-corrected chi connectivity index (χ3v) is 2.37. The number of rotatable bonds is 10. The van der Waals surface area contributed by atoms with Crippen LogP contribution in [0.3, 0.4) is 0 Å². The van der Waals surface area contributed by atoms with Crippen molar-refractivity contribution in [2.75, 3.05) is 6.61 Å². The molecule has 0 aromatic carbocycles. The molecular formula is C15H24O5. The van der Waals surface area contributed by atoms with Crippen LogP contribution in [-0.4, -0.2) is 33.9 Å². The highest BCUT2D eigenvalue weighted by Crippen LogP contribution is 2.10. The van der Waals surface area contributed by atoms with Gasteiger partial charge >= 0.3 is 5.97 Å². The molecule has 0 bridgehead atoms. The summed E-state index contributed by atoms with van der Waals surface area (Å²) in [5.74, 6) is -2.89. The molecule has 3 N–H and O–H groups in total. The summed E-state index contributed by atoms with van der Waals surface area (Å²) in [6.07, 6.45) is 13.5. The summed E-state index contributed by atoms with van der Waals surface area (Å²) in [6.45, 7) is 2.13. The Morgan fingerprint density at radius 1 is 1.05 bits per heavy atom. The SMILES string of the molecule is CCOC(=O)C=CC=CC=CCCCCCC(O)(O)O. The van der Waals surface area contributed by atoms with Crippen molar-refractivity contribution in [3.8, 4) is 0 Å². The zero-order valence-electron chi connectivity index (χ0n) is 11.9. The minimum absolute atomic E-state index is 0.0325. The first-order valence-electron chi connectivity index (χ1n) is 6.79. The third kappa shape index (κ3) is 14.6. The normalized spacial score (nSPS) is 12.8. The smallest absolute Gasteiger partial charge is 0.330 e. The predicted molar refractivity (Wildman–Crippen MR) is 76.5 cm³/mol. The van der Waals surface area contributed by atoms with Crippen LogP contribution in [0.4, 0.5) is 0 Å². The Morgan fingerprint density at radius 3 is 2.40 bits per heavy atom. The lowest BCUT2D eigenvalue weighted by molar-refractivity contribution is -0.315. The number of unbranched alkanes of at least 4 members (excludes halogenated alkanes) is 3. The van der Waals surface area contributed by atoms with Crippen molar-refractivity contribution in [3.63, 3.8) is 0 Å². The van der Waals surface area contributed by atoms with E-state index in [1.165, 1.54) is 6.08 Å². The van der Waals surface area contributed by atoms with Gasteiger partial charge in [0.25, 0.3) is 5.97 Å². The van der Waals surface area contributed by atoms with Gasteiger partial charge in [-0.15, -0.1) is 0 Å². The van der Waals surface area contributed by atoms with Gasteiger partial charge < -0.3 is 20.1 Å². The average Bonchev–Trinajstić information content (AvgIpc) is 2.35. The average molecular weight is 284 g/mol. The first-order valence-corrected chi connectivity index (χ1v) is 6.79. The minimum Gasteiger partial charge on any atom is -0.463 e. The Balaban J connectivity index is 3.55. The largest absolute Gasteiger partial charge is 0.463 e. The number of hydrogen-bond donors (Lipinski definition) is 3. The first kappa shape index (κ1) is 18.6. The number of esters is 1. The van der Waals surface area contributed by atoms with Crippen molar-refractivity contribution < 1.29 is 24.9 Å². The molecule has 0 heterocycles. The van der Waals surface area contributed by atoms with Gasteiger partial charge in [0.05, 0.1) is 6.61 Å². The van der Waals surface area contributed by atoms with Crippen molar-refractivity contribution in [1.82, 2.24) is 0 Å². The van der Waals surface area contributed by atoms with Gasteiger partial charge in [-0.25, -0.2) is 4.79 Å². The van der Waals surface area contributed by atoms with Crippen molar-refractivity contribution in [3.05, 3.63) is 36.5 Å². The lowest BCUT2D eigenvalue weighted by Crippen LogP contribution is -2.26. The zero-order valence-corrected chi connectivity index (χ0v) is 11.9. The van der Waals surface area contributed by atoms with Crippen LogP contribution in [0.5, 0.6) is 0 Å². The standard InChI is InChI=1S/C15H24O5/c1-2-20-14(16)12-10-8-6-4-3-5-7-9-11-13-15(17,18)19/h3-4,6,8,10,12,17-19H,2,5,7,9,11,13H2,1H3. The molecule has 0 saturated carbocycles. The maximum Gasteiger partial charge on any atom is 0.330 e. The van der Waals surface area contributed by atoms with E-state index in [9.17, 15) is 4.79 Å². The van der Waals surface area contributed by atoms with Crippen LogP contribution in [0.25, 0.3) is 0 Å². The fraction of sp³-hybridized carbons (Fsp3) is 0.533. The van der Waals surface area contributed by atoms with Crippen LogP contribution < -0.4 is 0 Å². The molecule has 0 unspecified atom stereocenters. The van der Waals surface area contributed by atoms with E-state index in [1.807, 2.05) is 18.2 Å². The summed E-state index contributed by atoms with van der Waals surface area (Å²) in [5, 5.41) is 26.0. The quantitative estimate of drug-likeness (QED) is 0.187. The van der Waals surface area contributed by atoms with Crippen LogP contribution in [0.2, 0.25) is 0 Å². The molecule has 0 fully saturated rings. The highest BCUT2D eigenvalue weighted by Gasteiger charge is 2.16. The molecule has 20 heavy (non-hydrogen) atoms. The third-order valence-electron chi connectivity index (χ3n) is 2.37. The number of carbonyl (C=O) groups is 1. The number of ether oxygens (including phenoxy) is 1. The highest BCUT2D eigenvalue weighted by atomic mass is 16.7. The summed E-state index contributed by atoms with van der Waals surface area (Å²) >= 11 is 0. The van der Waals surface area contributed by atoms with Crippen molar-refractivity contribution >= 4 is 5.97 Å². The van der Waals surface area contributed by atoms with Crippen LogP contribution in [0.15, 0.2) is 36.5 Å². The molecule has 0 aromatic heterocycles. The highest BCUT2D eigenvalue weighted by molar-refractivity contribution is 5.82. The maximum atomic E-state index is 10.9. The molecule has 0 spiro atoms. The second kappa shape index (κ2) is 11.4. The van der Waals surface area contributed by atoms with Gasteiger partial charge in [-0.1, -0.05) is 36.8 Å². The molecule has 0 atom stereocenters. The van der Waals surface area contributed by atoms with Crippen molar-refractivity contribution in [2.24, 2.45) is 0 Å². The summed E-state index contributed by atoms with van der Waals surface area (Å²) in [6, 6.07) is 0. The summed E-state index contributed by atoms with van der Waals surface area (Å²) in [5.41, 5.74) is 0. The van der Waals surface area contributed by atoms with Gasteiger partial charge in [-0.3, -0.25) is 0 Å². The van der Waals surface area contributed by atoms with E-state index >= 15 is 0 Å². The maximum absolute atomic E-state index is 10.9.